The standard InChI is InChI=1S/C15H19N3O2/c1-3-12-9-14(18(4-2)17-12)15(20)16-13-7-5-6-11(8-13)10-19/h5-9,19H,3-4,10H2,1-2H3,(H,16,20). The van der Waals surface area contributed by atoms with Gasteiger partial charge in [0, 0.05) is 12.2 Å². The molecule has 20 heavy (non-hydrogen) atoms. The van der Waals surface area contributed by atoms with E-state index in [2.05, 4.69) is 10.4 Å². The Balaban J connectivity index is 2.20. The second-order valence-electron chi connectivity index (χ2n) is 4.50. The molecule has 1 aromatic heterocycles. The Morgan fingerprint density at radius 1 is 1.35 bits per heavy atom. The Kier molecular flexibility index (Phi) is 4.53. The zero-order chi connectivity index (χ0) is 14.5. The Hall–Kier alpha value is -2.14. The summed E-state index contributed by atoms with van der Waals surface area (Å²) < 4.78 is 1.70. The predicted molar refractivity (Wildman–Crippen MR) is 77.6 cm³/mol. The maximum Gasteiger partial charge on any atom is 0.273 e. The number of rotatable bonds is 5. The number of nitrogens with zero attached hydrogens (tertiary/aromatic N) is 2. The highest BCUT2D eigenvalue weighted by atomic mass is 16.3. The SMILES string of the molecule is CCc1cc(C(=O)Nc2cccc(CO)c2)n(CC)n1. The molecule has 1 amide bonds. The van der Waals surface area contributed by atoms with Crippen LogP contribution in [0, 0.1) is 0 Å². The molecule has 1 aromatic carbocycles. The summed E-state index contributed by atoms with van der Waals surface area (Å²) in [5, 5.41) is 16.3. The van der Waals surface area contributed by atoms with E-state index in [4.69, 9.17) is 5.11 Å². The number of hydrogen-bond acceptors (Lipinski definition) is 3. The minimum atomic E-state index is -0.186. The zero-order valence-electron chi connectivity index (χ0n) is 11.8. The molecule has 0 aliphatic heterocycles. The number of carbonyl (C=O) groups excluding carboxylic acids is 1. The van der Waals surface area contributed by atoms with Crippen LogP contribution in [0.1, 0.15) is 35.6 Å². The van der Waals surface area contributed by atoms with Crippen LogP contribution >= 0.6 is 0 Å². The lowest BCUT2D eigenvalue weighted by Crippen LogP contribution is -2.17. The third kappa shape index (κ3) is 3.05. The molecule has 0 atom stereocenters. The fraction of sp³-hybridized carbons (Fsp3) is 0.333. The van der Waals surface area contributed by atoms with E-state index in [9.17, 15) is 4.79 Å². The van der Waals surface area contributed by atoms with E-state index in [0.29, 0.717) is 17.9 Å². The number of anilines is 1. The fourth-order valence-corrected chi connectivity index (χ4v) is 2.01. The lowest BCUT2D eigenvalue weighted by atomic mass is 10.2. The first-order valence-corrected chi connectivity index (χ1v) is 6.75. The molecular formula is C15H19N3O2. The Morgan fingerprint density at radius 3 is 2.80 bits per heavy atom. The first-order chi connectivity index (χ1) is 9.67. The molecule has 2 aromatic rings. The van der Waals surface area contributed by atoms with Crippen molar-refractivity contribution in [1.29, 1.82) is 0 Å². The summed E-state index contributed by atoms with van der Waals surface area (Å²) in [6.07, 6.45) is 0.799. The molecule has 0 aliphatic carbocycles. The summed E-state index contributed by atoms with van der Waals surface area (Å²) in [5.74, 6) is -0.186. The number of aryl methyl sites for hydroxylation is 2. The highest BCUT2D eigenvalue weighted by molar-refractivity contribution is 6.03. The van der Waals surface area contributed by atoms with Gasteiger partial charge in [-0.05, 0) is 37.1 Å². The van der Waals surface area contributed by atoms with E-state index in [1.54, 1.807) is 28.9 Å². The Labute approximate surface area is 118 Å². The van der Waals surface area contributed by atoms with Crippen LogP contribution in [0.5, 0.6) is 0 Å². The quantitative estimate of drug-likeness (QED) is 0.877. The number of hydrogen-bond donors (Lipinski definition) is 2. The maximum absolute atomic E-state index is 12.3. The predicted octanol–water partition coefficient (Wildman–Crippen LogP) is 2.21. The molecule has 0 saturated heterocycles. The Bertz CT molecular complexity index is 605. The average molecular weight is 273 g/mol. The molecule has 2 N–H and O–H groups in total. The molecule has 5 heteroatoms. The zero-order valence-corrected chi connectivity index (χ0v) is 11.8. The summed E-state index contributed by atoms with van der Waals surface area (Å²) in [4.78, 5) is 12.3. The van der Waals surface area contributed by atoms with Gasteiger partial charge in [0.15, 0.2) is 0 Å². The first kappa shape index (κ1) is 14.3. The molecule has 0 unspecified atom stereocenters. The molecule has 2 rings (SSSR count). The van der Waals surface area contributed by atoms with Crippen molar-refractivity contribution in [3.63, 3.8) is 0 Å². The van der Waals surface area contributed by atoms with E-state index >= 15 is 0 Å². The highest BCUT2D eigenvalue weighted by Crippen LogP contribution is 2.13. The molecule has 0 radical (unpaired) electrons. The van der Waals surface area contributed by atoms with Gasteiger partial charge >= 0.3 is 0 Å². The van der Waals surface area contributed by atoms with Crippen molar-refractivity contribution < 1.29 is 9.90 Å². The summed E-state index contributed by atoms with van der Waals surface area (Å²) in [6, 6.07) is 8.97. The monoisotopic (exact) mass is 273 g/mol. The van der Waals surface area contributed by atoms with Crippen LogP contribution in [0.4, 0.5) is 5.69 Å². The van der Waals surface area contributed by atoms with Crippen molar-refractivity contribution in [2.75, 3.05) is 5.32 Å². The number of aliphatic hydroxyl groups is 1. The Morgan fingerprint density at radius 2 is 2.15 bits per heavy atom. The van der Waals surface area contributed by atoms with Crippen LogP contribution in [0.25, 0.3) is 0 Å². The van der Waals surface area contributed by atoms with Crippen molar-refractivity contribution in [2.24, 2.45) is 0 Å². The van der Waals surface area contributed by atoms with Gasteiger partial charge in [-0.3, -0.25) is 9.48 Å². The number of aliphatic hydroxyl groups excluding tert-OH is 1. The van der Waals surface area contributed by atoms with E-state index in [-0.39, 0.29) is 12.5 Å². The minimum Gasteiger partial charge on any atom is -0.392 e. The van der Waals surface area contributed by atoms with Crippen LogP contribution in [-0.4, -0.2) is 20.8 Å². The number of benzene rings is 1. The van der Waals surface area contributed by atoms with Gasteiger partial charge < -0.3 is 10.4 Å². The van der Waals surface area contributed by atoms with Gasteiger partial charge in [0.2, 0.25) is 0 Å². The molecular weight excluding hydrogens is 254 g/mol. The van der Waals surface area contributed by atoms with Crippen molar-refractivity contribution in [3.8, 4) is 0 Å². The summed E-state index contributed by atoms with van der Waals surface area (Å²) in [6.45, 7) is 4.57. The van der Waals surface area contributed by atoms with Crippen LogP contribution in [0.15, 0.2) is 30.3 Å². The second kappa shape index (κ2) is 6.34. The smallest absolute Gasteiger partial charge is 0.273 e. The molecule has 106 valence electrons. The van der Waals surface area contributed by atoms with Gasteiger partial charge in [-0.25, -0.2) is 0 Å². The molecule has 1 heterocycles. The van der Waals surface area contributed by atoms with E-state index in [0.717, 1.165) is 17.7 Å². The molecule has 0 spiro atoms. The van der Waals surface area contributed by atoms with Gasteiger partial charge in [-0.1, -0.05) is 19.1 Å². The number of carbonyl (C=O) groups is 1. The van der Waals surface area contributed by atoms with Crippen LogP contribution < -0.4 is 5.32 Å². The van der Waals surface area contributed by atoms with Gasteiger partial charge in [0.25, 0.3) is 5.91 Å². The largest absolute Gasteiger partial charge is 0.392 e. The molecule has 0 bridgehead atoms. The third-order valence-electron chi connectivity index (χ3n) is 3.09. The number of nitrogens with one attached hydrogen (secondary N) is 1. The fourth-order valence-electron chi connectivity index (χ4n) is 2.01. The second-order valence-corrected chi connectivity index (χ2v) is 4.50. The van der Waals surface area contributed by atoms with E-state index in [1.807, 2.05) is 19.9 Å². The van der Waals surface area contributed by atoms with Crippen molar-refractivity contribution in [2.45, 2.75) is 33.4 Å². The lowest BCUT2D eigenvalue weighted by Gasteiger charge is -2.07. The highest BCUT2D eigenvalue weighted by Gasteiger charge is 2.14. The van der Waals surface area contributed by atoms with Gasteiger partial charge in [0.1, 0.15) is 5.69 Å². The van der Waals surface area contributed by atoms with Gasteiger partial charge in [-0.2, -0.15) is 5.10 Å². The topological polar surface area (TPSA) is 67.2 Å². The lowest BCUT2D eigenvalue weighted by molar-refractivity contribution is 0.101. The third-order valence-corrected chi connectivity index (χ3v) is 3.09. The molecule has 5 nitrogen and oxygen atoms in total. The molecule has 0 saturated carbocycles. The summed E-state index contributed by atoms with van der Waals surface area (Å²) in [5.41, 5.74) is 2.89. The van der Waals surface area contributed by atoms with Crippen molar-refractivity contribution in [1.82, 2.24) is 9.78 Å². The van der Waals surface area contributed by atoms with E-state index in [1.165, 1.54) is 0 Å². The van der Waals surface area contributed by atoms with E-state index < -0.39 is 0 Å². The van der Waals surface area contributed by atoms with Crippen LogP contribution in [-0.2, 0) is 19.6 Å². The molecule has 0 aliphatic rings. The maximum atomic E-state index is 12.3. The van der Waals surface area contributed by atoms with Gasteiger partial charge in [-0.15, -0.1) is 0 Å². The van der Waals surface area contributed by atoms with Crippen molar-refractivity contribution in [3.05, 3.63) is 47.3 Å². The average Bonchev–Trinajstić information content (AvgIpc) is 2.91. The normalized spacial score (nSPS) is 10.6. The van der Waals surface area contributed by atoms with Crippen LogP contribution in [0.3, 0.4) is 0 Å². The summed E-state index contributed by atoms with van der Waals surface area (Å²) >= 11 is 0. The van der Waals surface area contributed by atoms with Crippen LogP contribution in [0.2, 0.25) is 0 Å². The van der Waals surface area contributed by atoms with Gasteiger partial charge in [0.05, 0.1) is 12.3 Å². The number of amides is 1. The first-order valence-electron chi connectivity index (χ1n) is 6.75. The number of aromatic nitrogens is 2. The van der Waals surface area contributed by atoms with Crippen molar-refractivity contribution >= 4 is 11.6 Å². The minimum absolute atomic E-state index is 0.0451. The molecule has 0 fully saturated rings. The summed E-state index contributed by atoms with van der Waals surface area (Å²) in [7, 11) is 0.